The highest BCUT2D eigenvalue weighted by Gasteiger charge is 2.22. The van der Waals surface area contributed by atoms with E-state index in [1.165, 1.54) is 12.8 Å². The van der Waals surface area contributed by atoms with Crippen molar-refractivity contribution in [2.75, 3.05) is 20.2 Å². The minimum Gasteiger partial charge on any atom is -0.377 e. The molecule has 0 radical (unpaired) electrons. The Kier molecular flexibility index (Phi) is 7.30. The van der Waals surface area contributed by atoms with Gasteiger partial charge in [0.1, 0.15) is 0 Å². The van der Waals surface area contributed by atoms with Crippen LogP contribution in [0.25, 0.3) is 0 Å². The highest BCUT2D eigenvalue weighted by molar-refractivity contribution is 14.0. The van der Waals surface area contributed by atoms with Crippen LogP contribution in [0.2, 0.25) is 0 Å². The predicted octanol–water partition coefficient (Wildman–Crippen LogP) is 1.75. The lowest BCUT2D eigenvalue weighted by atomic mass is 10.1. The van der Waals surface area contributed by atoms with Gasteiger partial charge in [0.15, 0.2) is 5.96 Å². The van der Waals surface area contributed by atoms with E-state index < -0.39 is 0 Å². The number of hydrogen-bond acceptors (Lipinski definition) is 2. The number of rotatable bonds is 5. The highest BCUT2D eigenvalue weighted by Crippen LogP contribution is 2.18. The van der Waals surface area contributed by atoms with E-state index in [1.54, 1.807) is 7.11 Å². The van der Waals surface area contributed by atoms with Crippen LogP contribution >= 0.6 is 24.0 Å². The van der Waals surface area contributed by atoms with Crippen molar-refractivity contribution < 1.29 is 4.74 Å². The van der Waals surface area contributed by atoms with Gasteiger partial charge in [-0.2, -0.15) is 0 Å². The molecule has 0 aliphatic heterocycles. The Labute approximate surface area is 116 Å². The molecule has 1 saturated carbocycles. The van der Waals surface area contributed by atoms with Gasteiger partial charge >= 0.3 is 0 Å². The van der Waals surface area contributed by atoms with E-state index in [-0.39, 0.29) is 29.6 Å². The Hall–Kier alpha value is -0.0400. The molecule has 1 fully saturated rings. The van der Waals surface area contributed by atoms with E-state index in [9.17, 15) is 0 Å². The zero-order valence-electron chi connectivity index (χ0n) is 10.7. The zero-order valence-corrected chi connectivity index (χ0v) is 13.0. The molecule has 1 aliphatic rings. The molecule has 0 unspecified atom stereocenters. The third kappa shape index (κ3) is 6.52. The molecule has 0 bridgehead atoms. The molecule has 0 aromatic heterocycles. The van der Waals surface area contributed by atoms with Crippen molar-refractivity contribution in [3.8, 4) is 0 Å². The summed E-state index contributed by atoms with van der Waals surface area (Å²) >= 11 is 0. The summed E-state index contributed by atoms with van der Waals surface area (Å²) in [6.45, 7) is 7.72. The molecule has 2 N–H and O–H groups in total. The lowest BCUT2D eigenvalue weighted by Gasteiger charge is -2.21. The standard InChI is InChI=1S/C11H23N3O.HI/c1-5-12-10(14-9-6-7-9)13-8-11(2,3)15-4;/h9H,5-8H2,1-4H3,(H2,12,13,14);1H. The van der Waals surface area contributed by atoms with Crippen molar-refractivity contribution in [2.45, 2.75) is 45.3 Å². The van der Waals surface area contributed by atoms with Crippen LogP contribution in [0.1, 0.15) is 33.6 Å². The van der Waals surface area contributed by atoms with Gasteiger partial charge in [-0.25, -0.2) is 0 Å². The third-order valence-electron chi connectivity index (χ3n) is 2.43. The van der Waals surface area contributed by atoms with Crippen molar-refractivity contribution in [3.05, 3.63) is 0 Å². The summed E-state index contributed by atoms with van der Waals surface area (Å²) in [7, 11) is 1.72. The fraction of sp³-hybridized carbons (Fsp3) is 0.909. The summed E-state index contributed by atoms with van der Waals surface area (Å²) in [6, 6.07) is 0.633. The van der Waals surface area contributed by atoms with E-state index in [0.29, 0.717) is 12.6 Å². The Morgan fingerprint density at radius 3 is 2.50 bits per heavy atom. The largest absolute Gasteiger partial charge is 0.377 e. The first-order valence-electron chi connectivity index (χ1n) is 5.67. The third-order valence-corrected chi connectivity index (χ3v) is 2.43. The summed E-state index contributed by atoms with van der Waals surface area (Å²) in [5.74, 6) is 0.908. The van der Waals surface area contributed by atoms with Crippen molar-refractivity contribution in [1.29, 1.82) is 0 Å². The maximum absolute atomic E-state index is 5.32. The number of guanidine groups is 1. The maximum Gasteiger partial charge on any atom is 0.191 e. The minimum atomic E-state index is -0.189. The van der Waals surface area contributed by atoms with E-state index >= 15 is 0 Å². The Morgan fingerprint density at radius 1 is 1.44 bits per heavy atom. The van der Waals surface area contributed by atoms with Gasteiger partial charge in [-0.3, -0.25) is 4.99 Å². The molecule has 1 aliphatic carbocycles. The molecule has 0 saturated heterocycles. The molecule has 0 aromatic rings. The first kappa shape index (κ1) is 16.0. The topological polar surface area (TPSA) is 45.7 Å². The number of aliphatic imine (C=N–C) groups is 1. The Bertz CT molecular complexity index is 227. The van der Waals surface area contributed by atoms with Crippen LogP contribution in [0.15, 0.2) is 4.99 Å². The van der Waals surface area contributed by atoms with Crippen molar-refractivity contribution in [1.82, 2.24) is 10.6 Å². The van der Waals surface area contributed by atoms with Gasteiger partial charge in [0, 0.05) is 19.7 Å². The summed E-state index contributed by atoms with van der Waals surface area (Å²) in [5, 5.41) is 6.61. The SMILES string of the molecule is CCNC(=NCC(C)(C)OC)NC1CC1.I. The zero-order chi connectivity index (χ0) is 11.3. The number of halogens is 1. The van der Waals surface area contributed by atoms with Crippen molar-refractivity contribution >= 4 is 29.9 Å². The fourth-order valence-electron chi connectivity index (χ4n) is 1.08. The number of nitrogens with zero attached hydrogens (tertiary/aromatic N) is 1. The van der Waals surface area contributed by atoms with Gasteiger partial charge in [0.2, 0.25) is 0 Å². The predicted molar refractivity (Wildman–Crippen MR) is 78.6 cm³/mol. The molecule has 0 heterocycles. The number of methoxy groups -OCH3 is 1. The first-order chi connectivity index (χ1) is 7.07. The molecule has 96 valence electrons. The average Bonchev–Trinajstić information content (AvgIpc) is 2.99. The molecular weight excluding hydrogens is 317 g/mol. The quantitative estimate of drug-likeness (QED) is 0.455. The van der Waals surface area contributed by atoms with E-state index in [2.05, 4.69) is 22.5 Å². The smallest absolute Gasteiger partial charge is 0.191 e. The van der Waals surface area contributed by atoms with Crippen LogP contribution in [-0.2, 0) is 4.74 Å². The summed E-state index contributed by atoms with van der Waals surface area (Å²) in [5.41, 5.74) is -0.189. The molecule has 5 heteroatoms. The molecule has 0 atom stereocenters. The second-order valence-electron chi connectivity index (χ2n) is 4.58. The maximum atomic E-state index is 5.32. The van der Waals surface area contributed by atoms with Gasteiger partial charge < -0.3 is 15.4 Å². The molecule has 4 nitrogen and oxygen atoms in total. The van der Waals surface area contributed by atoms with Gasteiger partial charge in [0.25, 0.3) is 0 Å². The molecule has 0 aromatic carbocycles. The Morgan fingerprint density at radius 2 is 2.06 bits per heavy atom. The van der Waals surface area contributed by atoms with E-state index in [4.69, 9.17) is 4.74 Å². The van der Waals surface area contributed by atoms with Crippen LogP contribution in [0, 0.1) is 0 Å². The highest BCUT2D eigenvalue weighted by atomic mass is 127. The van der Waals surface area contributed by atoms with E-state index in [1.807, 2.05) is 13.8 Å². The van der Waals surface area contributed by atoms with Crippen molar-refractivity contribution in [3.63, 3.8) is 0 Å². The van der Waals surface area contributed by atoms with Gasteiger partial charge in [-0.05, 0) is 33.6 Å². The molecule has 1 rings (SSSR count). The monoisotopic (exact) mass is 341 g/mol. The molecule has 16 heavy (non-hydrogen) atoms. The van der Waals surface area contributed by atoms with Gasteiger partial charge in [-0.1, -0.05) is 0 Å². The van der Waals surface area contributed by atoms with Gasteiger partial charge in [0.05, 0.1) is 12.1 Å². The van der Waals surface area contributed by atoms with Crippen LogP contribution in [0.5, 0.6) is 0 Å². The molecule has 0 amide bonds. The minimum absolute atomic E-state index is 0. The van der Waals surface area contributed by atoms with Crippen LogP contribution in [0.3, 0.4) is 0 Å². The number of hydrogen-bond donors (Lipinski definition) is 2. The second kappa shape index (κ2) is 7.32. The normalized spacial score (nSPS) is 16.6. The number of ether oxygens (including phenoxy) is 1. The lowest BCUT2D eigenvalue weighted by molar-refractivity contribution is 0.0310. The number of nitrogens with one attached hydrogen (secondary N) is 2. The average molecular weight is 341 g/mol. The Balaban J connectivity index is 0.00000225. The van der Waals surface area contributed by atoms with Crippen LogP contribution in [0.4, 0.5) is 0 Å². The van der Waals surface area contributed by atoms with Crippen LogP contribution < -0.4 is 10.6 Å². The summed E-state index contributed by atoms with van der Waals surface area (Å²) < 4.78 is 5.32. The second-order valence-corrected chi connectivity index (χ2v) is 4.58. The van der Waals surface area contributed by atoms with Gasteiger partial charge in [-0.15, -0.1) is 24.0 Å². The molecular formula is C11H24IN3O. The summed E-state index contributed by atoms with van der Waals surface area (Å²) in [6.07, 6.45) is 2.52. The lowest BCUT2D eigenvalue weighted by Crippen LogP contribution is -2.40. The van der Waals surface area contributed by atoms with Crippen LogP contribution in [-0.4, -0.2) is 37.8 Å². The van der Waals surface area contributed by atoms with E-state index in [0.717, 1.165) is 12.5 Å². The van der Waals surface area contributed by atoms with Crippen molar-refractivity contribution in [2.24, 2.45) is 4.99 Å². The first-order valence-corrected chi connectivity index (χ1v) is 5.67. The molecule has 0 spiro atoms. The fourth-order valence-corrected chi connectivity index (χ4v) is 1.08. The summed E-state index contributed by atoms with van der Waals surface area (Å²) in [4.78, 5) is 4.51.